The molecule has 2 aliphatic heterocycles. The monoisotopic (exact) mass is 448 g/mol. The van der Waals surface area contributed by atoms with Gasteiger partial charge < -0.3 is 9.64 Å². The van der Waals surface area contributed by atoms with E-state index in [0.717, 1.165) is 56.9 Å². The lowest BCUT2D eigenvalue weighted by Crippen LogP contribution is -2.48. The van der Waals surface area contributed by atoms with Crippen molar-refractivity contribution in [3.63, 3.8) is 0 Å². The number of hydrogen-bond acceptors (Lipinski definition) is 3. The van der Waals surface area contributed by atoms with Gasteiger partial charge in [0.2, 0.25) is 0 Å². The van der Waals surface area contributed by atoms with E-state index >= 15 is 0 Å². The lowest BCUT2D eigenvalue weighted by atomic mass is 9.71. The Bertz CT molecular complexity index is 927. The molecule has 0 radical (unpaired) electrons. The molecule has 4 heteroatoms. The molecule has 2 heterocycles. The van der Waals surface area contributed by atoms with E-state index in [4.69, 9.17) is 4.74 Å². The van der Waals surface area contributed by atoms with E-state index in [2.05, 4.69) is 60.9 Å². The standard InChI is InChI=1S/C29H40N2O2/c1-5-33-26-9-7-6-8-24(26)22-30-18-14-29(15-19-30)16-20-31(21-17-29)27(32)23-10-12-25(13-11-23)28(2,3)4/h6-13H,5,14-22H2,1-4H3. The third kappa shape index (κ3) is 5.60. The lowest BCUT2D eigenvalue weighted by Gasteiger charge is -2.47. The Labute approximate surface area is 199 Å². The highest BCUT2D eigenvalue weighted by molar-refractivity contribution is 5.94. The van der Waals surface area contributed by atoms with Crippen LogP contribution in [0.2, 0.25) is 0 Å². The van der Waals surface area contributed by atoms with Crippen LogP contribution in [0.15, 0.2) is 48.5 Å². The molecule has 33 heavy (non-hydrogen) atoms. The molecule has 4 rings (SSSR count). The number of rotatable bonds is 5. The van der Waals surface area contributed by atoms with Crippen LogP contribution in [0.5, 0.6) is 5.75 Å². The summed E-state index contributed by atoms with van der Waals surface area (Å²) in [6.45, 7) is 14.3. The minimum atomic E-state index is 0.110. The third-order valence-corrected chi connectivity index (χ3v) is 7.69. The molecule has 0 unspecified atom stereocenters. The summed E-state index contributed by atoms with van der Waals surface area (Å²) in [7, 11) is 0. The first kappa shape index (κ1) is 23.8. The van der Waals surface area contributed by atoms with Crippen LogP contribution in [0.1, 0.15) is 74.9 Å². The molecule has 2 saturated heterocycles. The molecule has 2 fully saturated rings. The number of nitrogens with zero attached hydrogens (tertiary/aromatic N) is 2. The number of piperidine rings is 2. The number of benzene rings is 2. The molecule has 0 saturated carbocycles. The Morgan fingerprint density at radius 1 is 0.909 bits per heavy atom. The van der Waals surface area contributed by atoms with Crippen molar-refractivity contribution in [2.75, 3.05) is 32.8 Å². The van der Waals surface area contributed by atoms with E-state index in [1.54, 1.807) is 0 Å². The Hall–Kier alpha value is -2.33. The van der Waals surface area contributed by atoms with Gasteiger partial charge in [0.1, 0.15) is 5.75 Å². The summed E-state index contributed by atoms with van der Waals surface area (Å²) >= 11 is 0. The number of amides is 1. The summed E-state index contributed by atoms with van der Waals surface area (Å²) in [5.41, 5.74) is 3.89. The van der Waals surface area contributed by atoms with E-state index in [0.29, 0.717) is 12.0 Å². The number of carbonyl (C=O) groups is 1. The predicted molar refractivity (Wildman–Crippen MR) is 135 cm³/mol. The first-order valence-electron chi connectivity index (χ1n) is 12.6. The van der Waals surface area contributed by atoms with Gasteiger partial charge in [-0.3, -0.25) is 9.69 Å². The van der Waals surface area contributed by atoms with E-state index in [1.807, 2.05) is 25.1 Å². The van der Waals surface area contributed by atoms with Crippen molar-refractivity contribution in [2.45, 2.75) is 65.3 Å². The van der Waals surface area contributed by atoms with Crippen LogP contribution >= 0.6 is 0 Å². The highest BCUT2D eigenvalue weighted by Crippen LogP contribution is 2.42. The zero-order chi connectivity index (χ0) is 23.5. The number of para-hydroxylation sites is 1. The fourth-order valence-electron chi connectivity index (χ4n) is 5.34. The lowest BCUT2D eigenvalue weighted by molar-refractivity contribution is 0.0283. The van der Waals surface area contributed by atoms with Crippen LogP contribution in [0.3, 0.4) is 0 Å². The molecule has 4 nitrogen and oxygen atoms in total. The van der Waals surface area contributed by atoms with Gasteiger partial charge in [-0.1, -0.05) is 51.1 Å². The second-order valence-electron chi connectivity index (χ2n) is 10.9. The SMILES string of the molecule is CCOc1ccccc1CN1CCC2(CC1)CCN(C(=O)c1ccc(C(C)(C)C)cc1)CC2. The van der Waals surface area contributed by atoms with Crippen LogP contribution in [0.25, 0.3) is 0 Å². The van der Waals surface area contributed by atoms with Crippen LogP contribution in [-0.4, -0.2) is 48.5 Å². The largest absolute Gasteiger partial charge is 0.494 e. The first-order valence-corrected chi connectivity index (χ1v) is 12.6. The van der Waals surface area contributed by atoms with Gasteiger partial charge in [0.25, 0.3) is 5.91 Å². The molecule has 0 aliphatic carbocycles. The van der Waals surface area contributed by atoms with Crippen LogP contribution in [-0.2, 0) is 12.0 Å². The Balaban J connectivity index is 1.29. The molecule has 0 aromatic heterocycles. The second kappa shape index (κ2) is 9.89. The molecule has 178 valence electrons. The van der Waals surface area contributed by atoms with Gasteiger partial charge in [0.15, 0.2) is 0 Å². The molecular formula is C29H40N2O2. The van der Waals surface area contributed by atoms with Gasteiger partial charge in [-0.25, -0.2) is 0 Å². The summed E-state index contributed by atoms with van der Waals surface area (Å²) in [5.74, 6) is 1.21. The predicted octanol–water partition coefficient (Wildman–Crippen LogP) is 5.90. The summed E-state index contributed by atoms with van der Waals surface area (Å²) in [6.07, 6.45) is 4.71. The second-order valence-corrected chi connectivity index (χ2v) is 10.9. The van der Waals surface area contributed by atoms with E-state index < -0.39 is 0 Å². The van der Waals surface area contributed by atoms with Crippen molar-refractivity contribution in [1.82, 2.24) is 9.80 Å². The molecule has 0 N–H and O–H groups in total. The Kier molecular flexibility index (Phi) is 7.13. The topological polar surface area (TPSA) is 32.8 Å². The maximum Gasteiger partial charge on any atom is 0.253 e. The van der Waals surface area contributed by atoms with Crippen LogP contribution in [0, 0.1) is 5.41 Å². The van der Waals surface area contributed by atoms with Crippen molar-refractivity contribution in [3.05, 3.63) is 65.2 Å². The fourth-order valence-corrected chi connectivity index (χ4v) is 5.34. The van der Waals surface area contributed by atoms with Crippen LogP contribution in [0.4, 0.5) is 0 Å². The fraction of sp³-hybridized carbons (Fsp3) is 0.552. The average molecular weight is 449 g/mol. The van der Waals surface area contributed by atoms with Crippen molar-refractivity contribution in [1.29, 1.82) is 0 Å². The molecule has 1 amide bonds. The summed E-state index contributed by atoms with van der Waals surface area (Å²) in [6, 6.07) is 16.6. The zero-order valence-corrected chi connectivity index (χ0v) is 20.9. The number of hydrogen-bond donors (Lipinski definition) is 0. The van der Waals surface area contributed by atoms with E-state index in [9.17, 15) is 4.79 Å². The normalized spacial score (nSPS) is 19.0. The highest BCUT2D eigenvalue weighted by Gasteiger charge is 2.38. The molecule has 0 atom stereocenters. The third-order valence-electron chi connectivity index (χ3n) is 7.69. The van der Waals surface area contributed by atoms with Crippen molar-refractivity contribution in [2.24, 2.45) is 5.41 Å². The van der Waals surface area contributed by atoms with Crippen molar-refractivity contribution >= 4 is 5.91 Å². The minimum absolute atomic E-state index is 0.110. The van der Waals surface area contributed by atoms with Gasteiger partial charge in [-0.15, -0.1) is 0 Å². The summed E-state index contributed by atoms with van der Waals surface area (Å²) < 4.78 is 5.82. The van der Waals surface area contributed by atoms with Crippen molar-refractivity contribution in [3.8, 4) is 5.75 Å². The molecule has 0 bridgehead atoms. The number of ether oxygens (including phenoxy) is 1. The quantitative estimate of drug-likeness (QED) is 0.571. The van der Waals surface area contributed by atoms with Gasteiger partial charge in [0.05, 0.1) is 6.61 Å². The van der Waals surface area contributed by atoms with E-state index in [-0.39, 0.29) is 11.3 Å². The average Bonchev–Trinajstić information content (AvgIpc) is 2.82. The van der Waals surface area contributed by atoms with E-state index in [1.165, 1.54) is 24.0 Å². The van der Waals surface area contributed by atoms with Gasteiger partial charge in [-0.2, -0.15) is 0 Å². The Morgan fingerprint density at radius 3 is 2.12 bits per heavy atom. The Morgan fingerprint density at radius 2 is 1.52 bits per heavy atom. The highest BCUT2D eigenvalue weighted by atomic mass is 16.5. The molecule has 2 aromatic rings. The van der Waals surface area contributed by atoms with Gasteiger partial charge in [-0.05, 0) is 80.3 Å². The smallest absolute Gasteiger partial charge is 0.253 e. The molecule has 1 spiro atoms. The molecule has 2 aliphatic rings. The van der Waals surface area contributed by atoms with Gasteiger partial charge >= 0.3 is 0 Å². The maximum absolute atomic E-state index is 13.1. The maximum atomic E-state index is 13.1. The number of likely N-dealkylation sites (tertiary alicyclic amines) is 2. The minimum Gasteiger partial charge on any atom is -0.494 e. The first-order chi connectivity index (χ1) is 15.8. The zero-order valence-electron chi connectivity index (χ0n) is 20.9. The molecule has 2 aromatic carbocycles. The molecular weight excluding hydrogens is 408 g/mol. The van der Waals surface area contributed by atoms with Crippen molar-refractivity contribution < 1.29 is 9.53 Å². The van der Waals surface area contributed by atoms with Gasteiger partial charge in [0, 0.05) is 30.8 Å². The summed E-state index contributed by atoms with van der Waals surface area (Å²) in [5, 5.41) is 0. The van der Waals surface area contributed by atoms with Crippen LogP contribution < -0.4 is 4.74 Å². The number of carbonyl (C=O) groups excluding carboxylic acids is 1. The summed E-state index contributed by atoms with van der Waals surface area (Å²) in [4.78, 5) is 17.7.